The minimum Gasteiger partial charge on any atom is -0.870 e. The Labute approximate surface area is 62.5 Å². The van der Waals surface area contributed by atoms with Crippen LogP contribution in [0, 0.1) is 0 Å². The molecule has 0 saturated heterocycles. The van der Waals surface area contributed by atoms with E-state index in [-0.39, 0.29) is 62.1 Å². The van der Waals surface area contributed by atoms with Crippen molar-refractivity contribution in [3.8, 4) is 0 Å². The molecule has 0 rings (SSSR count). The van der Waals surface area contributed by atoms with Crippen molar-refractivity contribution in [1.29, 1.82) is 0 Å². The first-order chi connectivity index (χ1) is 0. The van der Waals surface area contributed by atoms with Gasteiger partial charge in [0.15, 0.2) is 0 Å². The van der Waals surface area contributed by atoms with Crippen molar-refractivity contribution in [2.75, 3.05) is 0 Å². The molecule has 0 spiro atoms. The molecule has 0 aromatic heterocycles. The minimum absolute atomic E-state index is 0. The molecular formula is H5Al2O5+. The van der Waals surface area contributed by atoms with Gasteiger partial charge in [-0.1, -0.05) is 0 Å². The van der Waals surface area contributed by atoms with Gasteiger partial charge < -0.3 is 27.4 Å². The molecule has 0 aliphatic heterocycles. The van der Waals surface area contributed by atoms with Crippen LogP contribution in [0.25, 0.3) is 0 Å². The quantitative estimate of drug-likeness (QED) is 0.368. The summed E-state index contributed by atoms with van der Waals surface area (Å²) in [5.41, 5.74) is 0. The molecule has 5 N–H and O–H groups in total. The minimum atomic E-state index is 0. The predicted octanol–water partition coefficient (Wildman–Crippen LogP) is -1.65. The Kier molecular flexibility index (Phi) is 22300. The molecule has 0 fully saturated rings. The molecule has 7 heavy (non-hydrogen) atoms. The molecule has 0 heterocycles. The number of rotatable bonds is 0. The number of hydrogen-bond acceptors (Lipinski definition) is 5. The summed E-state index contributed by atoms with van der Waals surface area (Å²) < 4.78 is 0. The van der Waals surface area contributed by atoms with E-state index in [4.69, 9.17) is 0 Å². The maximum Gasteiger partial charge on any atom is 3.00 e. The van der Waals surface area contributed by atoms with E-state index in [0.717, 1.165) is 0 Å². The van der Waals surface area contributed by atoms with E-state index in [1.54, 1.807) is 0 Å². The summed E-state index contributed by atoms with van der Waals surface area (Å²) in [6, 6.07) is 0. The van der Waals surface area contributed by atoms with Gasteiger partial charge in [0.1, 0.15) is 0 Å². The van der Waals surface area contributed by atoms with Crippen molar-refractivity contribution in [1.82, 2.24) is 0 Å². The van der Waals surface area contributed by atoms with Crippen LogP contribution in [0.2, 0.25) is 0 Å². The monoisotopic (exact) mass is 139 g/mol. The fourth-order valence-electron chi connectivity index (χ4n) is 0. The van der Waals surface area contributed by atoms with Crippen molar-refractivity contribution in [3.63, 3.8) is 0 Å². The smallest absolute Gasteiger partial charge is 0.870 e. The van der Waals surface area contributed by atoms with Gasteiger partial charge in [0.25, 0.3) is 0 Å². The second-order valence-corrected chi connectivity index (χ2v) is 0. The van der Waals surface area contributed by atoms with Crippen LogP contribution < -0.4 is 0 Å². The van der Waals surface area contributed by atoms with Crippen LogP contribution in [-0.4, -0.2) is 62.1 Å². The molecule has 40 valence electrons. The third kappa shape index (κ3) is 217. The molecule has 0 aromatic rings. The van der Waals surface area contributed by atoms with E-state index >= 15 is 0 Å². The van der Waals surface area contributed by atoms with Gasteiger partial charge >= 0.3 is 34.7 Å². The molecule has 0 aromatic carbocycles. The van der Waals surface area contributed by atoms with Crippen LogP contribution in [0.5, 0.6) is 0 Å². The Morgan fingerprint density at radius 1 is 0.286 bits per heavy atom. The van der Waals surface area contributed by atoms with Crippen LogP contribution in [0.4, 0.5) is 0 Å². The van der Waals surface area contributed by atoms with E-state index in [2.05, 4.69) is 0 Å². The van der Waals surface area contributed by atoms with Gasteiger partial charge in [-0.25, -0.2) is 0 Å². The SMILES string of the molecule is [Al+3].[Al+3].[OH-].[OH-].[OH-].[OH-].[OH-]. The van der Waals surface area contributed by atoms with Crippen molar-refractivity contribution in [2.24, 2.45) is 0 Å². The summed E-state index contributed by atoms with van der Waals surface area (Å²) in [6.07, 6.45) is 0. The summed E-state index contributed by atoms with van der Waals surface area (Å²) in [4.78, 5) is 0. The van der Waals surface area contributed by atoms with Gasteiger partial charge in [0.2, 0.25) is 0 Å². The van der Waals surface area contributed by atoms with Crippen LogP contribution >= 0.6 is 0 Å². The maximum absolute atomic E-state index is 0. The Morgan fingerprint density at radius 2 is 0.286 bits per heavy atom. The van der Waals surface area contributed by atoms with E-state index in [0.29, 0.717) is 0 Å². The molecule has 0 bridgehead atoms. The normalized spacial score (nSPS) is 0. The zero-order valence-electron chi connectivity index (χ0n) is 3.39. The standard InChI is InChI=1S/2Al.5H2O/h;;5*1H2/q2*+3;;;;;/p-5. The average molecular weight is 139 g/mol. The maximum atomic E-state index is 0. The summed E-state index contributed by atoms with van der Waals surface area (Å²) in [5, 5.41) is 0. The van der Waals surface area contributed by atoms with Gasteiger partial charge in [0, 0.05) is 0 Å². The topological polar surface area (TPSA) is 150 Å². The van der Waals surface area contributed by atoms with E-state index < -0.39 is 0 Å². The third-order valence-electron chi connectivity index (χ3n) is 0. The Hall–Kier alpha value is 0.865. The Bertz CT molecular complexity index is 6.04. The molecule has 0 unspecified atom stereocenters. The van der Waals surface area contributed by atoms with Crippen molar-refractivity contribution < 1.29 is 27.4 Å². The Balaban J connectivity index is 0. The molecule has 0 aliphatic carbocycles. The van der Waals surface area contributed by atoms with Crippen molar-refractivity contribution >= 4 is 34.7 Å². The average Bonchev–Trinajstić information content (AvgIpc) is 0. The molecule has 0 saturated carbocycles. The zero-order chi connectivity index (χ0) is 0. The molecule has 0 aliphatic rings. The first kappa shape index (κ1) is 495. The van der Waals surface area contributed by atoms with E-state index in [1.165, 1.54) is 0 Å². The van der Waals surface area contributed by atoms with Crippen LogP contribution in [-0.2, 0) is 0 Å². The third-order valence-corrected chi connectivity index (χ3v) is 0. The van der Waals surface area contributed by atoms with Crippen molar-refractivity contribution in [2.45, 2.75) is 0 Å². The second-order valence-electron chi connectivity index (χ2n) is 0. The van der Waals surface area contributed by atoms with E-state index in [1.807, 2.05) is 0 Å². The predicted molar refractivity (Wildman–Crippen MR) is 21.2 cm³/mol. The molecule has 0 atom stereocenters. The summed E-state index contributed by atoms with van der Waals surface area (Å²) >= 11 is 0. The van der Waals surface area contributed by atoms with Gasteiger partial charge in [-0.3, -0.25) is 0 Å². The fraction of sp³-hybridized carbons (Fsp3) is 0. The number of hydrogen-bond donors (Lipinski definition) is 0. The molecule has 0 amide bonds. The van der Waals surface area contributed by atoms with E-state index in [9.17, 15) is 0 Å². The Morgan fingerprint density at radius 3 is 0.286 bits per heavy atom. The molecular weight excluding hydrogens is 134 g/mol. The first-order valence-corrected chi connectivity index (χ1v) is 0. The van der Waals surface area contributed by atoms with Crippen molar-refractivity contribution in [3.05, 3.63) is 0 Å². The second kappa shape index (κ2) is 316. The molecule has 7 heteroatoms. The summed E-state index contributed by atoms with van der Waals surface area (Å²) in [7, 11) is 0. The fourth-order valence-corrected chi connectivity index (χ4v) is 0. The summed E-state index contributed by atoms with van der Waals surface area (Å²) in [5.74, 6) is 0. The molecule has 5 nitrogen and oxygen atoms in total. The zero-order valence-corrected chi connectivity index (χ0v) is 5.70. The van der Waals surface area contributed by atoms with Gasteiger partial charge in [0.05, 0.1) is 0 Å². The summed E-state index contributed by atoms with van der Waals surface area (Å²) in [6.45, 7) is 0. The van der Waals surface area contributed by atoms with Crippen LogP contribution in [0.15, 0.2) is 0 Å². The van der Waals surface area contributed by atoms with Gasteiger partial charge in [-0.05, 0) is 0 Å². The largest absolute Gasteiger partial charge is 3.00 e. The first-order valence-electron chi connectivity index (χ1n) is 0. The van der Waals surface area contributed by atoms with Crippen LogP contribution in [0.1, 0.15) is 0 Å². The van der Waals surface area contributed by atoms with Gasteiger partial charge in [-0.15, -0.1) is 0 Å². The van der Waals surface area contributed by atoms with Crippen LogP contribution in [0.3, 0.4) is 0 Å². The van der Waals surface area contributed by atoms with Gasteiger partial charge in [-0.2, -0.15) is 0 Å². The molecule has 0 radical (unpaired) electrons.